The van der Waals surface area contributed by atoms with Crippen LogP contribution in [0.25, 0.3) is 5.76 Å². The summed E-state index contributed by atoms with van der Waals surface area (Å²) in [7, 11) is 1.55. The second-order valence-corrected chi connectivity index (χ2v) is 7.67. The SMILES string of the molecule is CCCOc1ccc(/C(O)=C2\C(=O)C(=O)N(CCOC)C2c2ccccc2C)cc1C. The van der Waals surface area contributed by atoms with Gasteiger partial charge in [0.05, 0.1) is 24.8 Å². The van der Waals surface area contributed by atoms with Crippen molar-refractivity contribution in [3.8, 4) is 5.75 Å². The van der Waals surface area contributed by atoms with E-state index in [2.05, 4.69) is 0 Å². The predicted octanol–water partition coefficient (Wildman–Crippen LogP) is 4.16. The maximum atomic E-state index is 13.0. The summed E-state index contributed by atoms with van der Waals surface area (Å²) < 4.78 is 10.9. The van der Waals surface area contributed by atoms with Crippen molar-refractivity contribution in [1.82, 2.24) is 4.90 Å². The third-order valence-electron chi connectivity index (χ3n) is 5.47. The minimum Gasteiger partial charge on any atom is -0.507 e. The van der Waals surface area contributed by atoms with Gasteiger partial charge in [-0.1, -0.05) is 31.2 Å². The van der Waals surface area contributed by atoms with Crippen molar-refractivity contribution in [2.75, 3.05) is 26.9 Å². The van der Waals surface area contributed by atoms with Crippen LogP contribution in [0.2, 0.25) is 0 Å². The molecular formula is C25H29NO5. The first kappa shape index (κ1) is 22.6. The zero-order valence-corrected chi connectivity index (χ0v) is 18.5. The van der Waals surface area contributed by atoms with E-state index in [4.69, 9.17) is 9.47 Å². The van der Waals surface area contributed by atoms with Gasteiger partial charge in [-0.2, -0.15) is 0 Å². The molecule has 1 aliphatic rings. The molecule has 1 N–H and O–H groups in total. The van der Waals surface area contributed by atoms with Crippen molar-refractivity contribution in [3.63, 3.8) is 0 Å². The van der Waals surface area contributed by atoms with E-state index in [0.29, 0.717) is 12.2 Å². The number of aryl methyl sites for hydroxylation is 2. The Hall–Kier alpha value is -3.12. The number of amides is 1. The van der Waals surface area contributed by atoms with Crippen LogP contribution >= 0.6 is 0 Å². The summed E-state index contributed by atoms with van der Waals surface area (Å²) in [6.07, 6.45) is 0.891. The summed E-state index contributed by atoms with van der Waals surface area (Å²) in [5, 5.41) is 11.2. The summed E-state index contributed by atoms with van der Waals surface area (Å²) >= 11 is 0. The number of carbonyl (C=O) groups excluding carboxylic acids is 2. The number of carbonyl (C=O) groups is 2. The Labute approximate surface area is 183 Å². The molecule has 3 rings (SSSR count). The molecule has 1 heterocycles. The van der Waals surface area contributed by atoms with Gasteiger partial charge in [-0.3, -0.25) is 9.59 Å². The largest absolute Gasteiger partial charge is 0.507 e. The van der Waals surface area contributed by atoms with E-state index in [0.717, 1.165) is 28.9 Å². The number of hydrogen-bond acceptors (Lipinski definition) is 5. The first-order chi connectivity index (χ1) is 14.9. The lowest BCUT2D eigenvalue weighted by Gasteiger charge is -2.26. The quantitative estimate of drug-likeness (QED) is 0.392. The summed E-state index contributed by atoms with van der Waals surface area (Å²) in [4.78, 5) is 27.3. The number of nitrogens with zero attached hydrogens (tertiary/aromatic N) is 1. The predicted molar refractivity (Wildman–Crippen MR) is 119 cm³/mol. The Morgan fingerprint density at radius 1 is 1.06 bits per heavy atom. The van der Waals surface area contributed by atoms with Gasteiger partial charge in [0.25, 0.3) is 11.7 Å². The monoisotopic (exact) mass is 423 g/mol. The molecule has 1 atom stereocenters. The molecule has 1 fully saturated rings. The lowest BCUT2D eigenvalue weighted by Crippen LogP contribution is -2.32. The van der Waals surface area contributed by atoms with Gasteiger partial charge in [0, 0.05) is 19.2 Å². The highest BCUT2D eigenvalue weighted by Crippen LogP contribution is 2.40. The van der Waals surface area contributed by atoms with Crippen LogP contribution in [0.5, 0.6) is 5.75 Å². The van der Waals surface area contributed by atoms with Crippen molar-refractivity contribution in [2.24, 2.45) is 0 Å². The lowest BCUT2D eigenvalue weighted by atomic mass is 9.92. The van der Waals surface area contributed by atoms with Gasteiger partial charge in [0.1, 0.15) is 11.5 Å². The summed E-state index contributed by atoms with van der Waals surface area (Å²) in [6, 6.07) is 12.2. The van der Waals surface area contributed by atoms with Crippen molar-refractivity contribution < 1.29 is 24.2 Å². The third kappa shape index (κ3) is 4.49. The highest BCUT2D eigenvalue weighted by Gasteiger charge is 2.46. The van der Waals surface area contributed by atoms with Crippen LogP contribution in [-0.4, -0.2) is 48.6 Å². The van der Waals surface area contributed by atoms with E-state index in [1.165, 1.54) is 4.90 Å². The molecule has 2 aromatic rings. The summed E-state index contributed by atoms with van der Waals surface area (Å²) in [5.74, 6) is -0.775. The standard InChI is InChI=1S/C25H29NO5/c1-5-13-31-20-11-10-18(15-17(20)3)23(27)21-22(19-9-7-6-8-16(19)2)26(12-14-30-4)25(29)24(21)28/h6-11,15,22,27H,5,12-14H2,1-4H3/b23-21+. The zero-order chi connectivity index (χ0) is 22.5. The molecular weight excluding hydrogens is 394 g/mol. The van der Waals surface area contributed by atoms with Gasteiger partial charge >= 0.3 is 0 Å². The number of likely N-dealkylation sites (tertiary alicyclic amines) is 1. The zero-order valence-electron chi connectivity index (χ0n) is 18.5. The smallest absolute Gasteiger partial charge is 0.295 e. The van der Waals surface area contributed by atoms with Gasteiger partial charge in [0.2, 0.25) is 0 Å². The number of aliphatic hydroxyl groups excluding tert-OH is 1. The topological polar surface area (TPSA) is 76.1 Å². The first-order valence-corrected chi connectivity index (χ1v) is 10.5. The van der Waals surface area contributed by atoms with Crippen molar-refractivity contribution >= 4 is 17.4 Å². The van der Waals surface area contributed by atoms with E-state index in [1.807, 2.05) is 45.0 Å². The number of rotatable bonds is 8. The molecule has 164 valence electrons. The van der Waals surface area contributed by atoms with Crippen molar-refractivity contribution in [3.05, 3.63) is 70.3 Å². The van der Waals surface area contributed by atoms with Crippen LogP contribution in [0.3, 0.4) is 0 Å². The Bertz CT molecular complexity index is 1010. The van der Waals surface area contributed by atoms with E-state index in [-0.39, 0.29) is 24.5 Å². The molecule has 0 aliphatic carbocycles. The lowest BCUT2D eigenvalue weighted by molar-refractivity contribution is -0.140. The molecule has 1 aliphatic heterocycles. The van der Waals surface area contributed by atoms with Crippen LogP contribution in [-0.2, 0) is 14.3 Å². The van der Waals surface area contributed by atoms with E-state index in [9.17, 15) is 14.7 Å². The number of aliphatic hydroxyl groups is 1. The Morgan fingerprint density at radius 3 is 2.45 bits per heavy atom. The highest BCUT2D eigenvalue weighted by atomic mass is 16.5. The maximum Gasteiger partial charge on any atom is 0.295 e. The van der Waals surface area contributed by atoms with E-state index < -0.39 is 17.7 Å². The number of Topliss-reactive ketones (excluding diaryl/α,β-unsaturated/α-hetero) is 1. The van der Waals surface area contributed by atoms with Crippen LogP contribution in [0.15, 0.2) is 48.0 Å². The van der Waals surface area contributed by atoms with Gasteiger partial charge in [0.15, 0.2) is 0 Å². The minimum absolute atomic E-state index is 0.0945. The van der Waals surface area contributed by atoms with Crippen molar-refractivity contribution in [2.45, 2.75) is 33.2 Å². The fraction of sp³-hybridized carbons (Fsp3) is 0.360. The maximum absolute atomic E-state index is 13.0. The average Bonchev–Trinajstić information content (AvgIpc) is 3.01. The highest BCUT2D eigenvalue weighted by molar-refractivity contribution is 6.46. The number of ketones is 1. The molecule has 1 amide bonds. The van der Waals surface area contributed by atoms with Gasteiger partial charge < -0.3 is 19.5 Å². The fourth-order valence-corrected chi connectivity index (χ4v) is 3.84. The number of methoxy groups -OCH3 is 1. The van der Waals surface area contributed by atoms with E-state index >= 15 is 0 Å². The molecule has 31 heavy (non-hydrogen) atoms. The molecule has 0 aromatic heterocycles. The minimum atomic E-state index is -0.689. The number of ether oxygens (including phenoxy) is 2. The molecule has 6 nitrogen and oxygen atoms in total. The average molecular weight is 424 g/mol. The van der Waals surface area contributed by atoms with Crippen molar-refractivity contribution in [1.29, 1.82) is 0 Å². The molecule has 6 heteroatoms. The Morgan fingerprint density at radius 2 is 1.81 bits per heavy atom. The van der Waals surface area contributed by atoms with Gasteiger partial charge in [-0.15, -0.1) is 0 Å². The normalized spacial score (nSPS) is 17.9. The molecule has 2 aromatic carbocycles. The second kappa shape index (κ2) is 9.79. The molecule has 0 radical (unpaired) electrons. The molecule has 1 unspecified atom stereocenters. The summed E-state index contributed by atoms with van der Waals surface area (Å²) in [5.41, 5.74) is 3.15. The van der Waals surface area contributed by atoms with Crippen LogP contribution in [0, 0.1) is 13.8 Å². The fourth-order valence-electron chi connectivity index (χ4n) is 3.84. The van der Waals surface area contributed by atoms with Crippen LogP contribution in [0.4, 0.5) is 0 Å². The number of benzene rings is 2. The number of hydrogen-bond donors (Lipinski definition) is 1. The van der Waals surface area contributed by atoms with Gasteiger partial charge in [-0.05, 0) is 55.2 Å². The van der Waals surface area contributed by atoms with Gasteiger partial charge in [-0.25, -0.2) is 0 Å². The first-order valence-electron chi connectivity index (χ1n) is 10.5. The second-order valence-electron chi connectivity index (χ2n) is 7.67. The molecule has 0 spiro atoms. The molecule has 0 saturated carbocycles. The summed E-state index contributed by atoms with van der Waals surface area (Å²) in [6.45, 7) is 6.99. The molecule has 0 bridgehead atoms. The van der Waals surface area contributed by atoms with Crippen LogP contribution in [0.1, 0.15) is 41.6 Å². The third-order valence-corrected chi connectivity index (χ3v) is 5.47. The van der Waals surface area contributed by atoms with Crippen LogP contribution < -0.4 is 4.74 Å². The Kier molecular flexibility index (Phi) is 7.13. The molecule has 1 saturated heterocycles. The Balaban J connectivity index is 2.12. The van der Waals surface area contributed by atoms with E-state index in [1.54, 1.807) is 25.3 Å².